The van der Waals surface area contributed by atoms with Gasteiger partial charge in [0.1, 0.15) is 0 Å². The SMILES string of the molecule is CCCc1c(CC)ncc(NC(=O)C2CCCCCCCC2)c1C1CCCCCCC1. The Bertz CT molecular complexity index is 666. The van der Waals surface area contributed by atoms with Crippen LogP contribution in [-0.4, -0.2) is 10.9 Å². The molecule has 0 atom stereocenters. The molecule has 3 heteroatoms. The number of carbonyl (C=O) groups is 1. The summed E-state index contributed by atoms with van der Waals surface area (Å²) in [7, 11) is 0. The first-order valence-electron chi connectivity index (χ1n) is 13.6. The first kappa shape index (κ1) is 24.3. The van der Waals surface area contributed by atoms with E-state index in [4.69, 9.17) is 4.98 Å². The minimum absolute atomic E-state index is 0.170. The van der Waals surface area contributed by atoms with E-state index >= 15 is 0 Å². The Morgan fingerprint density at radius 2 is 1.42 bits per heavy atom. The average Bonchev–Trinajstić information content (AvgIpc) is 2.89. The fraction of sp³-hybridized carbons (Fsp3) is 0.786. The highest BCUT2D eigenvalue weighted by molar-refractivity contribution is 5.93. The van der Waals surface area contributed by atoms with Crippen LogP contribution in [0, 0.1) is 5.92 Å². The van der Waals surface area contributed by atoms with E-state index in [-0.39, 0.29) is 11.8 Å². The number of pyridine rings is 1. The smallest absolute Gasteiger partial charge is 0.227 e. The zero-order chi connectivity index (χ0) is 21.9. The number of amides is 1. The molecule has 0 unspecified atom stereocenters. The summed E-state index contributed by atoms with van der Waals surface area (Å²) in [6.45, 7) is 4.49. The summed E-state index contributed by atoms with van der Waals surface area (Å²) in [6.07, 6.45) is 24.2. The molecule has 1 aromatic heterocycles. The number of hydrogen-bond acceptors (Lipinski definition) is 2. The molecule has 1 heterocycles. The zero-order valence-electron chi connectivity index (χ0n) is 20.3. The molecular weight excluding hydrogens is 380 g/mol. The van der Waals surface area contributed by atoms with Gasteiger partial charge >= 0.3 is 0 Å². The van der Waals surface area contributed by atoms with Gasteiger partial charge in [0.25, 0.3) is 0 Å². The van der Waals surface area contributed by atoms with Gasteiger partial charge in [0.2, 0.25) is 5.91 Å². The number of carbonyl (C=O) groups excluding carboxylic acids is 1. The van der Waals surface area contributed by atoms with Crippen LogP contribution in [-0.2, 0) is 17.6 Å². The van der Waals surface area contributed by atoms with E-state index in [1.54, 1.807) is 0 Å². The van der Waals surface area contributed by atoms with Crippen LogP contribution in [0.2, 0.25) is 0 Å². The fourth-order valence-corrected chi connectivity index (χ4v) is 5.88. The van der Waals surface area contributed by atoms with Gasteiger partial charge in [0, 0.05) is 11.6 Å². The van der Waals surface area contributed by atoms with Crippen molar-refractivity contribution in [3.8, 4) is 0 Å². The van der Waals surface area contributed by atoms with E-state index in [9.17, 15) is 4.79 Å². The Balaban J connectivity index is 1.88. The van der Waals surface area contributed by atoms with Gasteiger partial charge in [0.05, 0.1) is 11.9 Å². The first-order chi connectivity index (χ1) is 15.2. The molecule has 3 nitrogen and oxygen atoms in total. The van der Waals surface area contributed by atoms with Gasteiger partial charge in [-0.3, -0.25) is 9.78 Å². The van der Waals surface area contributed by atoms with Gasteiger partial charge in [-0.15, -0.1) is 0 Å². The predicted molar refractivity (Wildman–Crippen MR) is 132 cm³/mol. The lowest BCUT2D eigenvalue weighted by Crippen LogP contribution is -2.25. The molecule has 1 amide bonds. The van der Waals surface area contributed by atoms with Crippen molar-refractivity contribution >= 4 is 11.6 Å². The van der Waals surface area contributed by atoms with Crippen LogP contribution in [0.15, 0.2) is 6.20 Å². The molecule has 3 rings (SSSR count). The molecule has 1 aromatic rings. The molecule has 0 radical (unpaired) electrons. The minimum Gasteiger partial charge on any atom is -0.324 e. The lowest BCUT2D eigenvalue weighted by molar-refractivity contribution is -0.120. The highest BCUT2D eigenvalue weighted by Gasteiger charge is 2.25. The molecule has 2 fully saturated rings. The Morgan fingerprint density at radius 1 is 0.871 bits per heavy atom. The lowest BCUT2D eigenvalue weighted by atomic mass is 9.81. The third-order valence-electron chi connectivity index (χ3n) is 7.65. The van der Waals surface area contributed by atoms with Crippen LogP contribution in [0.4, 0.5) is 5.69 Å². The molecule has 1 N–H and O–H groups in total. The molecule has 174 valence electrons. The Labute approximate surface area is 191 Å². The first-order valence-corrected chi connectivity index (χ1v) is 13.6. The molecule has 0 saturated heterocycles. The van der Waals surface area contributed by atoms with Crippen LogP contribution in [0.25, 0.3) is 0 Å². The van der Waals surface area contributed by atoms with Crippen LogP contribution in [0.1, 0.15) is 139 Å². The maximum absolute atomic E-state index is 13.4. The van der Waals surface area contributed by atoms with Crippen LogP contribution in [0.5, 0.6) is 0 Å². The summed E-state index contributed by atoms with van der Waals surface area (Å²) < 4.78 is 0. The summed E-state index contributed by atoms with van der Waals surface area (Å²) in [5.41, 5.74) is 5.19. The van der Waals surface area contributed by atoms with E-state index < -0.39 is 0 Å². The van der Waals surface area contributed by atoms with Crippen molar-refractivity contribution in [3.05, 3.63) is 23.0 Å². The van der Waals surface area contributed by atoms with Crippen molar-refractivity contribution in [2.45, 2.75) is 135 Å². The van der Waals surface area contributed by atoms with Crippen LogP contribution >= 0.6 is 0 Å². The number of aryl methyl sites for hydroxylation is 1. The second-order valence-electron chi connectivity index (χ2n) is 10.0. The van der Waals surface area contributed by atoms with Gasteiger partial charge in [0.15, 0.2) is 0 Å². The lowest BCUT2D eigenvalue weighted by Gasteiger charge is -2.27. The molecule has 0 aromatic carbocycles. The second kappa shape index (κ2) is 13.2. The highest BCUT2D eigenvalue weighted by Crippen LogP contribution is 2.39. The summed E-state index contributed by atoms with van der Waals surface area (Å²) in [5.74, 6) is 0.997. The van der Waals surface area contributed by atoms with E-state index in [2.05, 4.69) is 19.2 Å². The summed E-state index contributed by atoms with van der Waals surface area (Å²) in [4.78, 5) is 18.2. The summed E-state index contributed by atoms with van der Waals surface area (Å²) >= 11 is 0. The van der Waals surface area contributed by atoms with Crippen molar-refractivity contribution < 1.29 is 4.79 Å². The quantitative estimate of drug-likeness (QED) is 0.499. The fourth-order valence-electron chi connectivity index (χ4n) is 5.88. The van der Waals surface area contributed by atoms with Crippen LogP contribution < -0.4 is 5.32 Å². The van der Waals surface area contributed by atoms with Gasteiger partial charge in [-0.05, 0) is 55.6 Å². The molecule has 2 aliphatic carbocycles. The van der Waals surface area contributed by atoms with Gasteiger partial charge in [-0.25, -0.2) is 0 Å². The number of aromatic nitrogens is 1. The molecule has 0 bridgehead atoms. The topological polar surface area (TPSA) is 42.0 Å². The summed E-state index contributed by atoms with van der Waals surface area (Å²) in [6, 6.07) is 0. The van der Waals surface area contributed by atoms with Crippen molar-refractivity contribution in [1.29, 1.82) is 0 Å². The van der Waals surface area contributed by atoms with Gasteiger partial charge in [-0.2, -0.15) is 0 Å². The standard InChI is InChI=1S/C28H46N2O/c1-3-16-24-25(4-2)29-21-26(27(24)22-17-12-10-7-11-13-18-22)30-28(31)23-19-14-8-5-6-9-15-20-23/h21-23H,3-20H2,1-2H3,(H,30,31). The van der Waals surface area contributed by atoms with E-state index in [1.165, 1.54) is 100 Å². The van der Waals surface area contributed by atoms with Crippen molar-refractivity contribution in [2.24, 2.45) is 5.92 Å². The molecule has 0 spiro atoms. The minimum atomic E-state index is 0.170. The number of nitrogens with zero attached hydrogens (tertiary/aromatic N) is 1. The predicted octanol–water partition coefficient (Wildman–Crippen LogP) is 8.11. The monoisotopic (exact) mass is 426 g/mol. The summed E-state index contributed by atoms with van der Waals surface area (Å²) in [5, 5.41) is 3.43. The maximum Gasteiger partial charge on any atom is 0.227 e. The number of rotatable bonds is 6. The van der Waals surface area contributed by atoms with Gasteiger partial charge in [-0.1, -0.05) is 90.9 Å². The van der Waals surface area contributed by atoms with Crippen molar-refractivity contribution in [3.63, 3.8) is 0 Å². The zero-order valence-corrected chi connectivity index (χ0v) is 20.3. The second-order valence-corrected chi connectivity index (χ2v) is 10.0. The number of hydrogen-bond donors (Lipinski definition) is 1. The number of nitrogens with one attached hydrogen (secondary N) is 1. The van der Waals surface area contributed by atoms with Crippen molar-refractivity contribution in [1.82, 2.24) is 4.98 Å². The number of anilines is 1. The van der Waals surface area contributed by atoms with E-state index in [0.29, 0.717) is 5.92 Å². The van der Waals surface area contributed by atoms with E-state index in [1.807, 2.05) is 6.20 Å². The Hall–Kier alpha value is -1.38. The Kier molecular flexibility index (Phi) is 10.4. The largest absolute Gasteiger partial charge is 0.324 e. The normalized spacial score (nSPS) is 20.2. The molecule has 31 heavy (non-hydrogen) atoms. The molecule has 0 aliphatic heterocycles. The molecule has 2 aliphatic rings. The molecular formula is C28H46N2O. The van der Waals surface area contributed by atoms with Crippen molar-refractivity contribution in [2.75, 3.05) is 5.32 Å². The Morgan fingerprint density at radius 3 is 1.97 bits per heavy atom. The van der Waals surface area contributed by atoms with Gasteiger partial charge < -0.3 is 5.32 Å². The third kappa shape index (κ3) is 7.05. The van der Waals surface area contributed by atoms with E-state index in [0.717, 1.165) is 37.8 Å². The molecule has 2 saturated carbocycles. The highest BCUT2D eigenvalue weighted by atomic mass is 16.1. The average molecular weight is 427 g/mol. The third-order valence-corrected chi connectivity index (χ3v) is 7.65. The maximum atomic E-state index is 13.4. The van der Waals surface area contributed by atoms with Crippen LogP contribution in [0.3, 0.4) is 0 Å².